The van der Waals surface area contributed by atoms with Crippen LogP contribution in [0.5, 0.6) is 0 Å². The Bertz CT molecular complexity index is 2760. The van der Waals surface area contributed by atoms with Crippen molar-refractivity contribution in [3.8, 4) is 0 Å². The van der Waals surface area contributed by atoms with Gasteiger partial charge in [-0.15, -0.1) is 0 Å². The van der Waals surface area contributed by atoms with Gasteiger partial charge in [0.25, 0.3) is 0 Å². The molecule has 0 aromatic heterocycles. The maximum atomic E-state index is 14.6. The van der Waals surface area contributed by atoms with Crippen molar-refractivity contribution in [1.82, 2.24) is 0 Å². The van der Waals surface area contributed by atoms with Gasteiger partial charge in [0.1, 0.15) is 34.9 Å². The van der Waals surface area contributed by atoms with Crippen LogP contribution in [-0.2, 0) is 0 Å². The molecule has 8 aromatic carbocycles. The number of hydrogen-bond acceptors (Lipinski definition) is 4. The second-order valence-electron chi connectivity index (χ2n) is 15.6. The first-order valence-electron chi connectivity index (χ1n) is 20.9. The highest BCUT2D eigenvalue weighted by Gasteiger charge is 2.26. The van der Waals surface area contributed by atoms with E-state index in [4.69, 9.17) is 0 Å². The van der Waals surface area contributed by atoms with E-state index >= 15 is 0 Å². The molecule has 0 fully saturated rings. The molecule has 1 unspecified atom stereocenters. The van der Waals surface area contributed by atoms with Gasteiger partial charge in [-0.1, -0.05) is 25.1 Å². The quantitative estimate of drug-likeness (QED) is 0.113. The summed E-state index contributed by atoms with van der Waals surface area (Å²) in [7, 11) is 0. The molecule has 0 saturated carbocycles. The Labute approximate surface area is 373 Å². The lowest BCUT2D eigenvalue weighted by Gasteiger charge is -2.34. The Morgan fingerprint density at radius 3 is 0.831 bits per heavy atom. The first-order valence-corrected chi connectivity index (χ1v) is 20.9. The van der Waals surface area contributed by atoms with E-state index in [1.807, 2.05) is 94.4 Å². The SMILES string of the molecule is CC1CC(F)=CC=C1N(c1ccc(F)cc1)c1cccc(N(c2cccc(N(c3ccc(F)cc3)c3ccc(F)cc3)c2)c2cccc(N(c3ccc(F)cc3)c3ccc(F)cc3)c2)c1. The Kier molecular flexibility index (Phi) is 12.0. The zero-order chi connectivity index (χ0) is 45.0. The van der Waals surface area contributed by atoms with E-state index in [1.54, 1.807) is 66.7 Å². The molecule has 0 spiro atoms. The molecular weight excluding hydrogens is 831 g/mol. The highest BCUT2D eigenvalue weighted by Crippen LogP contribution is 2.45. The summed E-state index contributed by atoms with van der Waals surface area (Å²) in [4.78, 5) is 7.85. The number of rotatable bonds is 12. The summed E-state index contributed by atoms with van der Waals surface area (Å²) < 4.78 is 86.3. The van der Waals surface area contributed by atoms with Crippen LogP contribution in [0, 0.1) is 35.0 Å². The van der Waals surface area contributed by atoms with Crippen LogP contribution < -0.4 is 19.6 Å². The smallest absolute Gasteiger partial charge is 0.123 e. The van der Waals surface area contributed by atoms with E-state index in [1.165, 1.54) is 66.7 Å². The van der Waals surface area contributed by atoms with Gasteiger partial charge in [0.05, 0.1) is 0 Å². The molecular formula is C55H40F6N4. The summed E-state index contributed by atoms with van der Waals surface area (Å²) in [5.74, 6) is -2.46. The van der Waals surface area contributed by atoms with Gasteiger partial charge in [-0.2, -0.15) is 0 Å². The number of nitrogens with zero attached hydrogens (tertiary/aromatic N) is 4. The van der Waals surface area contributed by atoms with Gasteiger partial charge < -0.3 is 19.6 Å². The number of allylic oxidation sites excluding steroid dienone is 4. The number of halogens is 6. The van der Waals surface area contributed by atoms with Crippen LogP contribution >= 0.6 is 0 Å². The molecule has 0 aliphatic heterocycles. The van der Waals surface area contributed by atoms with Crippen LogP contribution in [0.2, 0.25) is 0 Å². The van der Waals surface area contributed by atoms with Crippen molar-refractivity contribution in [2.45, 2.75) is 13.3 Å². The minimum atomic E-state index is -0.406. The summed E-state index contributed by atoms with van der Waals surface area (Å²) in [5, 5.41) is 0. The molecule has 0 radical (unpaired) electrons. The summed E-state index contributed by atoms with van der Waals surface area (Å²) in [6.07, 6.45) is 3.41. The molecule has 9 rings (SSSR count). The first kappa shape index (κ1) is 42.3. The van der Waals surface area contributed by atoms with Gasteiger partial charge in [-0.25, -0.2) is 26.3 Å². The summed E-state index contributed by atoms with van der Waals surface area (Å²) in [6, 6.07) is 53.6. The third-order valence-corrected chi connectivity index (χ3v) is 11.2. The molecule has 0 amide bonds. The Hall–Kier alpha value is -7.98. The fourth-order valence-electron chi connectivity index (χ4n) is 8.15. The van der Waals surface area contributed by atoms with Crippen molar-refractivity contribution in [2.24, 2.45) is 5.92 Å². The highest BCUT2D eigenvalue weighted by atomic mass is 19.1. The average molecular weight is 871 g/mol. The van der Waals surface area contributed by atoms with Gasteiger partial charge in [-0.05, 0) is 188 Å². The molecule has 65 heavy (non-hydrogen) atoms. The predicted molar refractivity (Wildman–Crippen MR) is 250 cm³/mol. The summed E-state index contributed by atoms with van der Waals surface area (Å²) in [6.45, 7) is 1.95. The molecule has 1 aliphatic carbocycles. The highest BCUT2D eigenvalue weighted by molar-refractivity contribution is 5.87. The first-order chi connectivity index (χ1) is 31.6. The molecule has 0 N–H and O–H groups in total. The number of anilines is 11. The van der Waals surface area contributed by atoms with Crippen molar-refractivity contribution < 1.29 is 26.3 Å². The second-order valence-corrected chi connectivity index (χ2v) is 15.6. The van der Waals surface area contributed by atoms with Crippen LogP contribution in [0.25, 0.3) is 0 Å². The van der Waals surface area contributed by atoms with E-state index in [9.17, 15) is 26.3 Å². The van der Waals surface area contributed by atoms with Crippen molar-refractivity contribution in [3.05, 3.63) is 247 Å². The Balaban J connectivity index is 1.24. The molecule has 10 heteroatoms. The van der Waals surface area contributed by atoms with Crippen molar-refractivity contribution in [1.29, 1.82) is 0 Å². The minimum absolute atomic E-state index is 0.201. The van der Waals surface area contributed by atoms with Crippen molar-refractivity contribution >= 4 is 62.6 Å². The van der Waals surface area contributed by atoms with Crippen LogP contribution in [-0.4, -0.2) is 0 Å². The van der Waals surface area contributed by atoms with E-state index in [0.717, 1.165) is 11.4 Å². The van der Waals surface area contributed by atoms with Crippen molar-refractivity contribution in [2.75, 3.05) is 19.6 Å². The van der Waals surface area contributed by atoms with Crippen molar-refractivity contribution in [3.63, 3.8) is 0 Å². The lowest BCUT2D eigenvalue weighted by atomic mass is 9.96. The van der Waals surface area contributed by atoms with Crippen LogP contribution in [0.1, 0.15) is 13.3 Å². The third-order valence-electron chi connectivity index (χ3n) is 11.2. The van der Waals surface area contributed by atoms with Gasteiger partial charge in [0.2, 0.25) is 0 Å². The minimum Gasteiger partial charge on any atom is -0.314 e. The molecule has 0 heterocycles. The largest absolute Gasteiger partial charge is 0.314 e. The Morgan fingerprint density at radius 1 is 0.308 bits per heavy atom. The molecule has 322 valence electrons. The zero-order valence-corrected chi connectivity index (χ0v) is 35.0. The standard InChI is InChI=1S/C55H40F6N4/c1-37-33-43(61)21-32-55(37)65(48-30-19-42(60)20-31-48)54-10-4-9-53(36-54)64(51-7-2-5-49(34-51)62(44-22-11-38(56)12-23-44)45-24-13-39(57)14-25-45)52-8-3-6-50(35-52)63(46-26-15-40(58)16-27-46)47-28-17-41(59)18-29-47/h2-32,34-37H,33H2,1H3. The van der Waals surface area contributed by atoms with E-state index in [0.29, 0.717) is 56.9 Å². The van der Waals surface area contributed by atoms with Gasteiger partial charge in [-0.3, -0.25) is 0 Å². The molecule has 1 atom stereocenters. The average Bonchev–Trinajstić information content (AvgIpc) is 3.31. The lowest BCUT2D eigenvalue weighted by Crippen LogP contribution is -2.23. The number of benzene rings is 8. The van der Waals surface area contributed by atoms with Gasteiger partial charge in [0, 0.05) is 80.6 Å². The summed E-state index contributed by atoms with van der Waals surface area (Å²) in [5.41, 5.74) is 8.22. The van der Waals surface area contributed by atoms with Gasteiger partial charge in [0.15, 0.2) is 0 Å². The Morgan fingerprint density at radius 2 is 0.554 bits per heavy atom. The van der Waals surface area contributed by atoms with Crippen LogP contribution in [0.4, 0.5) is 88.9 Å². The maximum Gasteiger partial charge on any atom is 0.123 e. The van der Waals surface area contributed by atoms with Gasteiger partial charge >= 0.3 is 0 Å². The molecule has 0 bridgehead atoms. The van der Waals surface area contributed by atoms with E-state index < -0.39 is 29.1 Å². The lowest BCUT2D eigenvalue weighted by molar-refractivity contribution is 0.516. The molecule has 0 saturated heterocycles. The van der Waals surface area contributed by atoms with E-state index in [-0.39, 0.29) is 18.2 Å². The maximum absolute atomic E-state index is 14.6. The molecule has 8 aromatic rings. The van der Waals surface area contributed by atoms with Crippen LogP contribution in [0.15, 0.2) is 218 Å². The molecule has 4 nitrogen and oxygen atoms in total. The van der Waals surface area contributed by atoms with Crippen LogP contribution in [0.3, 0.4) is 0 Å². The summed E-state index contributed by atoms with van der Waals surface area (Å²) >= 11 is 0. The normalized spacial score (nSPS) is 13.4. The predicted octanol–water partition coefficient (Wildman–Crippen LogP) is 16.7. The second kappa shape index (κ2) is 18.4. The van der Waals surface area contributed by atoms with E-state index in [2.05, 4.69) is 4.90 Å². The number of hydrogen-bond donors (Lipinski definition) is 0. The fourth-order valence-corrected chi connectivity index (χ4v) is 8.15. The zero-order valence-electron chi connectivity index (χ0n) is 35.0. The monoisotopic (exact) mass is 870 g/mol. The topological polar surface area (TPSA) is 13.0 Å². The molecule has 1 aliphatic rings. The third kappa shape index (κ3) is 9.24. The fraction of sp³-hybridized carbons (Fsp3) is 0.0545.